The fourth-order valence-corrected chi connectivity index (χ4v) is 5.21. The monoisotopic (exact) mass is 435 g/mol. The first-order valence-corrected chi connectivity index (χ1v) is 11.4. The van der Waals surface area contributed by atoms with Crippen LogP contribution in [0.3, 0.4) is 0 Å². The van der Waals surface area contributed by atoms with Gasteiger partial charge in [0.2, 0.25) is 5.91 Å². The van der Waals surface area contributed by atoms with E-state index in [-0.39, 0.29) is 36.4 Å². The number of aliphatic hydroxyl groups is 1. The lowest BCUT2D eigenvalue weighted by atomic mass is 9.74. The highest BCUT2D eigenvalue weighted by Gasteiger charge is 2.49. The lowest BCUT2D eigenvalue weighted by Gasteiger charge is -2.57. The first-order valence-electron chi connectivity index (χ1n) is 11.4. The van der Waals surface area contributed by atoms with Crippen molar-refractivity contribution in [1.29, 1.82) is 0 Å². The molecule has 2 fully saturated rings. The number of amides is 2. The van der Waals surface area contributed by atoms with E-state index in [2.05, 4.69) is 29.2 Å². The second-order valence-electron chi connectivity index (χ2n) is 9.16. The Hall–Kier alpha value is -2.70. The zero-order chi connectivity index (χ0) is 22.8. The van der Waals surface area contributed by atoms with Crippen LogP contribution in [0.25, 0.3) is 11.1 Å². The Morgan fingerprint density at radius 2 is 1.75 bits per heavy atom. The first-order chi connectivity index (χ1) is 15.4. The fourth-order valence-electron chi connectivity index (χ4n) is 5.21. The molecule has 0 radical (unpaired) electrons. The molecule has 2 saturated heterocycles. The summed E-state index contributed by atoms with van der Waals surface area (Å²) < 4.78 is 0. The summed E-state index contributed by atoms with van der Waals surface area (Å²) in [6.07, 6.45) is 2.06. The number of aliphatic hydroxyl groups excluding tert-OH is 1. The molecule has 6 heteroatoms. The van der Waals surface area contributed by atoms with E-state index in [4.69, 9.17) is 0 Å². The Balaban J connectivity index is 1.57. The number of nitrogens with zero attached hydrogens (tertiary/aromatic N) is 3. The van der Waals surface area contributed by atoms with Crippen LogP contribution < -0.4 is 0 Å². The van der Waals surface area contributed by atoms with Crippen molar-refractivity contribution in [3.8, 4) is 11.1 Å². The smallest absolute Gasteiger partial charge is 0.253 e. The van der Waals surface area contributed by atoms with Crippen molar-refractivity contribution in [2.24, 2.45) is 0 Å². The Labute approximate surface area is 190 Å². The van der Waals surface area contributed by atoms with Gasteiger partial charge in [-0.05, 0) is 48.2 Å². The van der Waals surface area contributed by atoms with Gasteiger partial charge in [0.1, 0.15) is 0 Å². The molecule has 0 spiro atoms. The van der Waals surface area contributed by atoms with Crippen molar-refractivity contribution in [1.82, 2.24) is 14.7 Å². The molecular formula is C26H33N3O3. The van der Waals surface area contributed by atoms with Crippen molar-refractivity contribution in [3.05, 3.63) is 59.7 Å². The maximum atomic E-state index is 12.3. The number of carbonyl (C=O) groups is 2. The van der Waals surface area contributed by atoms with Gasteiger partial charge in [-0.2, -0.15) is 0 Å². The minimum atomic E-state index is -0.0110. The molecule has 0 saturated carbocycles. The van der Waals surface area contributed by atoms with Gasteiger partial charge in [-0.1, -0.05) is 36.4 Å². The lowest BCUT2D eigenvalue weighted by molar-refractivity contribution is -0.134. The van der Waals surface area contributed by atoms with Gasteiger partial charge in [0.05, 0.1) is 6.61 Å². The highest BCUT2D eigenvalue weighted by Crippen LogP contribution is 2.42. The topological polar surface area (TPSA) is 64.1 Å². The number of benzene rings is 2. The van der Waals surface area contributed by atoms with Crippen molar-refractivity contribution in [3.63, 3.8) is 0 Å². The summed E-state index contributed by atoms with van der Waals surface area (Å²) in [6, 6.07) is 16.5. The van der Waals surface area contributed by atoms with Crippen LogP contribution in [0.5, 0.6) is 0 Å². The molecule has 6 nitrogen and oxygen atoms in total. The van der Waals surface area contributed by atoms with Gasteiger partial charge in [-0.15, -0.1) is 0 Å². The van der Waals surface area contributed by atoms with E-state index in [1.165, 1.54) is 5.56 Å². The van der Waals surface area contributed by atoms with Gasteiger partial charge in [0.25, 0.3) is 5.91 Å². The molecule has 0 aliphatic carbocycles. The van der Waals surface area contributed by atoms with Gasteiger partial charge in [-0.25, -0.2) is 0 Å². The van der Waals surface area contributed by atoms with Crippen molar-refractivity contribution in [2.75, 3.05) is 40.3 Å². The van der Waals surface area contributed by atoms with Gasteiger partial charge < -0.3 is 14.9 Å². The molecular weight excluding hydrogens is 402 g/mol. The minimum Gasteiger partial charge on any atom is -0.395 e. The molecule has 1 N–H and O–H groups in total. The van der Waals surface area contributed by atoms with E-state index < -0.39 is 0 Å². The Morgan fingerprint density at radius 3 is 2.41 bits per heavy atom. The van der Waals surface area contributed by atoms with E-state index in [0.29, 0.717) is 12.1 Å². The largest absolute Gasteiger partial charge is 0.395 e. The highest BCUT2D eigenvalue weighted by molar-refractivity contribution is 5.95. The summed E-state index contributed by atoms with van der Waals surface area (Å²) >= 11 is 0. The molecule has 2 aromatic carbocycles. The maximum Gasteiger partial charge on any atom is 0.253 e. The van der Waals surface area contributed by atoms with E-state index in [1.54, 1.807) is 25.9 Å². The zero-order valence-corrected chi connectivity index (χ0v) is 19.2. The van der Waals surface area contributed by atoms with Crippen LogP contribution in [0.2, 0.25) is 0 Å². The van der Waals surface area contributed by atoms with Gasteiger partial charge in [0.15, 0.2) is 0 Å². The molecule has 2 amide bonds. The third-order valence-corrected chi connectivity index (χ3v) is 6.96. The molecule has 2 aliphatic rings. The number of rotatable bonds is 4. The van der Waals surface area contributed by atoms with Gasteiger partial charge in [-0.3, -0.25) is 14.5 Å². The Kier molecular flexibility index (Phi) is 6.63. The van der Waals surface area contributed by atoms with Crippen LogP contribution in [0.4, 0.5) is 0 Å². The highest BCUT2D eigenvalue weighted by atomic mass is 16.3. The van der Waals surface area contributed by atoms with Gasteiger partial charge in [0, 0.05) is 57.7 Å². The predicted octanol–water partition coefficient (Wildman–Crippen LogP) is 2.83. The molecule has 3 atom stereocenters. The predicted molar refractivity (Wildman–Crippen MR) is 125 cm³/mol. The van der Waals surface area contributed by atoms with E-state index in [9.17, 15) is 14.7 Å². The molecule has 2 aromatic rings. The zero-order valence-electron chi connectivity index (χ0n) is 19.2. The van der Waals surface area contributed by atoms with Crippen molar-refractivity contribution in [2.45, 2.75) is 37.8 Å². The average molecular weight is 436 g/mol. The SMILES string of the molecule is CC(=O)N1CCCCN2[C@H](CO)[C@@H](c3ccc(-c4cccc(C(=O)N(C)C)c4)cc3)[C@@H]2C1. The molecule has 4 rings (SSSR count). The van der Waals surface area contributed by atoms with Crippen LogP contribution in [0, 0.1) is 0 Å². The summed E-state index contributed by atoms with van der Waals surface area (Å²) in [7, 11) is 3.51. The fraction of sp³-hybridized carbons (Fsp3) is 0.462. The summed E-state index contributed by atoms with van der Waals surface area (Å²) in [5.74, 6) is 0.319. The number of fused-ring (bicyclic) bond motifs is 1. The van der Waals surface area contributed by atoms with Crippen molar-refractivity contribution < 1.29 is 14.7 Å². The number of hydrogen-bond acceptors (Lipinski definition) is 4. The number of hydrogen-bond donors (Lipinski definition) is 1. The number of carbonyl (C=O) groups excluding carboxylic acids is 2. The lowest BCUT2D eigenvalue weighted by Crippen LogP contribution is -2.67. The van der Waals surface area contributed by atoms with Crippen LogP contribution in [0.15, 0.2) is 48.5 Å². The van der Waals surface area contributed by atoms with Crippen LogP contribution in [-0.2, 0) is 4.79 Å². The van der Waals surface area contributed by atoms with Crippen LogP contribution in [-0.4, -0.2) is 84.0 Å². The normalized spacial score (nSPS) is 23.5. The molecule has 0 unspecified atom stereocenters. The Bertz CT molecular complexity index is 973. The molecule has 0 aromatic heterocycles. The van der Waals surface area contributed by atoms with E-state index >= 15 is 0 Å². The van der Waals surface area contributed by atoms with Gasteiger partial charge >= 0.3 is 0 Å². The first kappa shape index (κ1) is 22.5. The molecule has 170 valence electrons. The standard InChI is InChI=1S/C26H33N3O3/c1-18(31)28-13-4-5-14-29-23(16-28)25(24(29)17-30)20-11-9-19(10-12-20)21-7-6-8-22(15-21)26(32)27(2)3/h6-12,15,23-25,30H,4-5,13-14,16-17H2,1-3H3/t23-,24+,25-/m0/s1. The summed E-state index contributed by atoms with van der Waals surface area (Å²) in [5.41, 5.74) is 3.93. The molecule has 32 heavy (non-hydrogen) atoms. The molecule has 2 heterocycles. The van der Waals surface area contributed by atoms with Crippen LogP contribution in [0.1, 0.15) is 41.6 Å². The molecule has 0 bridgehead atoms. The van der Waals surface area contributed by atoms with E-state index in [0.717, 1.165) is 37.1 Å². The molecule has 2 aliphatic heterocycles. The second-order valence-corrected chi connectivity index (χ2v) is 9.16. The third-order valence-electron chi connectivity index (χ3n) is 6.96. The van der Waals surface area contributed by atoms with E-state index in [1.807, 2.05) is 29.2 Å². The van der Waals surface area contributed by atoms with Crippen LogP contribution >= 0.6 is 0 Å². The van der Waals surface area contributed by atoms with Crippen molar-refractivity contribution >= 4 is 11.8 Å². The summed E-state index contributed by atoms with van der Waals surface area (Å²) in [4.78, 5) is 30.3. The summed E-state index contributed by atoms with van der Waals surface area (Å²) in [6.45, 7) is 4.28. The second kappa shape index (κ2) is 9.43. The Morgan fingerprint density at radius 1 is 1.03 bits per heavy atom. The maximum absolute atomic E-state index is 12.3. The quantitative estimate of drug-likeness (QED) is 0.802. The average Bonchev–Trinajstić information content (AvgIpc) is 2.77. The third kappa shape index (κ3) is 4.30. The minimum absolute atomic E-state index is 0.0110. The summed E-state index contributed by atoms with van der Waals surface area (Å²) in [5, 5.41) is 10.1.